The van der Waals surface area contributed by atoms with Crippen LogP contribution in [0.4, 0.5) is 0 Å². The second-order valence-corrected chi connectivity index (χ2v) is 4.31. The molecule has 0 aromatic carbocycles. The van der Waals surface area contributed by atoms with Crippen molar-refractivity contribution in [1.29, 1.82) is 0 Å². The van der Waals surface area contributed by atoms with Crippen LogP contribution in [0.5, 0.6) is 0 Å². The van der Waals surface area contributed by atoms with E-state index in [1.165, 1.54) is 25.7 Å². The molecule has 0 saturated heterocycles. The first-order valence-corrected chi connectivity index (χ1v) is 4.44. The maximum Gasteiger partial charge on any atom is -0.0326 e. The predicted molar refractivity (Wildman–Crippen MR) is 45.7 cm³/mol. The Labute approximate surface area is 65.0 Å². The van der Waals surface area contributed by atoms with Crippen LogP contribution in [0.2, 0.25) is 0 Å². The standard InChI is InChI=1S/C10H19/c1-9-7-5-4-6-8-10(9,2)3/h6,9H,4-5,7-8H2,1-3H3. The van der Waals surface area contributed by atoms with E-state index in [-0.39, 0.29) is 0 Å². The number of hydrogen-bond acceptors (Lipinski definition) is 0. The van der Waals surface area contributed by atoms with E-state index in [1.54, 1.807) is 0 Å². The molecule has 0 heterocycles. The first kappa shape index (κ1) is 8.10. The Morgan fingerprint density at radius 2 is 2.10 bits per heavy atom. The normalized spacial score (nSPS) is 33.3. The van der Waals surface area contributed by atoms with Crippen molar-refractivity contribution >= 4 is 0 Å². The Bertz CT molecular complexity index is 103. The summed E-state index contributed by atoms with van der Waals surface area (Å²) in [6, 6.07) is 0. The number of hydrogen-bond donors (Lipinski definition) is 0. The van der Waals surface area contributed by atoms with Gasteiger partial charge in [0.1, 0.15) is 0 Å². The molecule has 0 N–H and O–H groups in total. The Balaban J connectivity index is 2.52. The minimum Gasteiger partial charge on any atom is -0.0620 e. The van der Waals surface area contributed by atoms with Gasteiger partial charge in [0.2, 0.25) is 0 Å². The van der Waals surface area contributed by atoms with Gasteiger partial charge in [0.25, 0.3) is 0 Å². The Morgan fingerprint density at radius 1 is 1.40 bits per heavy atom. The summed E-state index contributed by atoms with van der Waals surface area (Å²) in [6.45, 7) is 7.16. The summed E-state index contributed by atoms with van der Waals surface area (Å²) >= 11 is 0. The van der Waals surface area contributed by atoms with Gasteiger partial charge in [-0.3, -0.25) is 0 Å². The van der Waals surface area contributed by atoms with E-state index >= 15 is 0 Å². The van der Waals surface area contributed by atoms with Gasteiger partial charge in [-0.05, 0) is 24.2 Å². The van der Waals surface area contributed by atoms with Gasteiger partial charge in [0.05, 0.1) is 0 Å². The molecule has 0 spiro atoms. The molecule has 1 aliphatic carbocycles. The fraction of sp³-hybridized carbons (Fsp3) is 0.900. The second kappa shape index (κ2) is 2.94. The molecule has 10 heavy (non-hydrogen) atoms. The molecule has 0 heteroatoms. The quantitative estimate of drug-likeness (QED) is 0.451. The van der Waals surface area contributed by atoms with E-state index in [4.69, 9.17) is 0 Å². The fourth-order valence-electron chi connectivity index (χ4n) is 1.63. The molecule has 1 aliphatic rings. The molecule has 0 aromatic rings. The molecule has 1 saturated carbocycles. The van der Waals surface area contributed by atoms with Crippen LogP contribution in [0.25, 0.3) is 0 Å². The van der Waals surface area contributed by atoms with E-state index in [0.29, 0.717) is 5.41 Å². The first-order valence-electron chi connectivity index (χ1n) is 4.44. The number of rotatable bonds is 0. The highest BCUT2D eigenvalue weighted by Crippen LogP contribution is 2.37. The lowest BCUT2D eigenvalue weighted by Gasteiger charge is -2.29. The molecule has 1 rings (SSSR count). The van der Waals surface area contributed by atoms with Gasteiger partial charge in [-0.25, -0.2) is 0 Å². The van der Waals surface area contributed by atoms with Crippen LogP contribution < -0.4 is 0 Å². The molecule has 1 radical (unpaired) electrons. The van der Waals surface area contributed by atoms with Crippen molar-refractivity contribution in [3.05, 3.63) is 6.42 Å². The lowest BCUT2D eigenvalue weighted by molar-refractivity contribution is 0.226. The largest absolute Gasteiger partial charge is 0.0620 e. The summed E-state index contributed by atoms with van der Waals surface area (Å²) in [5.74, 6) is 0.909. The van der Waals surface area contributed by atoms with E-state index in [0.717, 1.165) is 5.92 Å². The molecule has 1 atom stereocenters. The molecule has 1 fully saturated rings. The Morgan fingerprint density at radius 3 is 2.80 bits per heavy atom. The lowest BCUT2D eigenvalue weighted by Crippen LogP contribution is -2.19. The van der Waals surface area contributed by atoms with Gasteiger partial charge < -0.3 is 0 Å². The zero-order valence-corrected chi connectivity index (χ0v) is 7.48. The van der Waals surface area contributed by atoms with E-state index < -0.39 is 0 Å². The summed E-state index contributed by atoms with van der Waals surface area (Å²) in [7, 11) is 0. The summed E-state index contributed by atoms with van der Waals surface area (Å²) in [5.41, 5.74) is 0.566. The predicted octanol–water partition coefficient (Wildman–Crippen LogP) is 3.43. The third-order valence-corrected chi connectivity index (χ3v) is 3.05. The Kier molecular flexibility index (Phi) is 2.38. The third kappa shape index (κ3) is 1.74. The molecule has 0 bridgehead atoms. The van der Waals surface area contributed by atoms with E-state index in [2.05, 4.69) is 27.2 Å². The zero-order chi connectivity index (χ0) is 7.61. The highest BCUT2D eigenvalue weighted by Gasteiger charge is 2.26. The minimum atomic E-state index is 0.566. The van der Waals surface area contributed by atoms with Crippen LogP contribution in [-0.2, 0) is 0 Å². The Hall–Kier alpha value is 0. The molecule has 59 valence electrons. The monoisotopic (exact) mass is 139 g/mol. The summed E-state index contributed by atoms with van der Waals surface area (Å²) < 4.78 is 0. The van der Waals surface area contributed by atoms with Crippen LogP contribution in [0.3, 0.4) is 0 Å². The highest BCUT2D eigenvalue weighted by atomic mass is 14.3. The van der Waals surface area contributed by atoms with Gasteiger partial charge in [-0.2, -0.15) is 0 Å². The highest BCUT2D eigenvalue weighted by molar-refractivity contribution is 4.85. The summed E-state index contributed by atoms with van der Waals surface area (Å²) in [5, 5.41) is 0. The molecular formula is C10H19. The van der Waals surface area contributed by atoms with Crippen LogP contribution >= 0.6 is 0 Å². The van der Waals surface area contributed by atoms with Crippen LogP contribution in [0.15, 0.2) is 0 Å². The molecule has 0 amide bonds. The molecular weight excluding hydrogens is 120 g/mol. The zero-order valence-electron chi connectivity index (χ0n) is 7.48. The van der Waals surface area contributed by atoms with Gasteiger partial charge in [-0.15, -0.1) is 0 Å². The minimum absolute atomic E-state index is 0.566. The van der Waals surface area contributed by atoms with Crippen molar-refractivity contribution in [1.82, 2.24) is 0 Å². The van der Waals surface area contributed by atoms with Gasteiger partial charge in [0, 0.05) is 0 Å². The molecule has 1 unspecified atom stereocenters. The van der Waals surface area contributed by atoms with Crippen molar-refractivity contribution in [3.8, 4) is 0 Å². The molecule has 0 nitrogen and oxygen atoms in total. The topological polar surface area (TPSA) is 0 Å². The molecule has 0 aliphatic heterocycles. The van der Waals surface area contributed by atoms with Crippen LogP contribution in [0.1, 0.15) is 46.5 Å². The third-order valence-electron chi connectivity index (χ3n) is 3.05. The van der Waals surface area contributed by atoms with Crippen molar-refractivity contribution in [2.75, 3.05) is 0 Å². The van der Waals surface area contributed by atoms with Gasteiger partial charge in [-0.1, -0.05) is 40.0 Å². The fourth-order valence-corrected chi connectivity index (χ4v) is 1.63. The molecule has 0 aromatic heterocycles. The maximum atomic E-state index is 2.46. The summed E-state index contributed by atoms with van der Waals surface area (Å²) in [6.07, 6.45) is 7.94. The van der Waals surface area contributed by atoms with Gasteiger partial charge in [0.15, 0.2) is 0 Å². The van der Waals surface area contributed by atoms with Gasteiger partial charge >= 0.3 is 0 Å². The van der Waals surface area contributed by atoms with Crippen molar-refractivity contribution in [2.45, 2.75) is 46.5 Å². The smallest absolute Gasteiger partial charge is 0.0326 e. The van der Waals surface area contributed by atoms with Crippen molar-refractivity contribution in [2.24, 2.45) is 11.3 Å². The second-order valence-electron chi connectivity index (χ2n) is 4.31. The van der Waals surface area contributed by atoms with E-state index in [9.17, 15) is 0 Å². The SMILES string of the molecule is CC1CCC[CH]CC1(C)C. The lowest BCUT2D eigenvalue weighted by atomic mass is 9.76. The summed E-state index contributed by atoms with van der Waals surface area (Å²) in [4.78, 5) is 0. The first-order chi connectivity index (χ1) is 4.63. The van der Waals surface area contributed by atoms with Crippen LogP contribution in [-0.4, -0.2) is 0 Å². The van der Waals surface area contributed by atoms with Crippen LogP contribution in [0, 0.1) is 17.8 Å². The van der Waals surface area contributed by atoms with E-state index in [1.807, 2.05) is 0 Å². The maximum absolute atomic E-state index is 2.46. The van der Waals surface area contributed by atoms with Crippen molar-refractivity contribution in [3.63, 3.8) is 0 Å². The van der Waals surface area contributed by atoms with Crippen molar-refractivity contribution < 1.29 is 0 Å². The average Bonchev–Trinajstić information content (AvgIpc) is 1.96. The average molecular weight is 139 g/mol.